The number of aliphatic carboxylic acids is 1. The number of carbonyl (C=O) groups excluding carboxylic acids is 3. The number of hydrogen-bond acceptors (Lipinski definition) is 7. The van der Waals surface area contributed by atoms with Crippen LogP contribution in [-0.2, 0) is 14.4 Å². The molecule has 3 amide bonds. The summed E-state index contributed by atoms with van der Waals surface area (Å²) in [5.74, 6) is -2.57. The maximum atomic E-state index is 12.9. The normalized spacial score (nSPS) is 14.4. The number of carboxylic acids is 1. The molecule has 0 saturated carbocycles. The van der Waals surface area contributed by atoms with E-state index in [0.717, 1.165) is 4.90 Å². The minimum atomic E-state index is -1.36. The minimum absolute atomic E-state index is 0.112. The lowest BCUT2D eigenvalue weighted by Gasteiger charge is -2.31. The van der Waals surface area contributed by atoms with Crippen LogP contribution in [0.4, 0.5) is 0 Å². The van der Waals surface area contributed by atoms with Gasteiger partial charge in [0, 0.05) is 36.5 Å². The molecule has 3 rings (SSSR count). The van der Waals surface area contributed by atoms with E-state index < -0.39 is 29.7 Å². The van der Waals surface area contributed by atoms with Crippen molar-refractivity contribution in [3.63, 3.8) is 0 Å². The van der Waals surface area contributed by atoms with Crippen LogP contribution in [0.3, 0.4) is 0 Å². The average molecular weight is 625 g/mol. The van der Waals surface area contributed by atoms with Gasteiger partial charge in [-0.3, -0.25) is 14.4 Å². The number of hydrogen-bond donors (Lipinski definition) is 3. The molecule has 2 aromatic rings. The van der Waals surface area contributed by atoms with Gasteiger partial charge in [-0.15, -0.1) is 11.8 Å². The van der Waals surface area contributed by atoms with Crippen molar-refractivity contribution in [2.24, 2.45) is 5.92 Å². The van der Waals surface area contributed by atoms with Gasteiger partial charge in [-0.05, 0) is 48.9 Å². The maximum absolute atomic E-state index is 12.9. The molecular formula is C28H31Cl2N3O7S. The van der Waals surface area contributed by atoms with E-state index in [4.69, 9.17) is 32.7 Å². The molecule has 0 aromatic heterocycles. The monoisotopic (exact) mass is 623 g/mol. The van der Waals surface area contributed by atoms with E-state index in [-0.39, 0.29) is 29.5 Å². The first-order valence-corrected chi connectivity index (χ1v) is 14.6. The van der Waals surface area contributed by atoms with Gasteiger partial charge < -0.3 is 30.1 Å². The number of benzene rings is 2. The number of nitrogens with one attached hydrogen (secondary N) is 2. The summed E-state index contributed by atoms with van der Waals surface area (Å²) in [5, 5.41) is 15.5. The van der Waals surface area contributed by atoms with Crippen LogP contribution >= 0.6 is 35.0 Å². The van der Waals surface area contributed by atoms with Crippen LogP contribution in [0.15, 0.2) is 41.3 Å². The van der Waals surface area contributed by atoms with Gasteiger partial charge in [0.25, 0.3) is 5.91 Å². The summed E-state index contributed by atoms with van der Waals surface area (Å²) in [6.45, 7) is 0.292. The highest BCUT2D eigenvalue weighted by molar-refractivity contribution is 7.98. The Morgan fingerprint density at radius 1 is 1.07 bits per heavy atom. The molecule has 2 aromatic carbocycles. The van der Waals surface area contributed by atoms with Gasteiger partial charge in [-0.25, -0.2) is 4.79 Å². The molecule has 13 heteroatoms. The summed E-state index contributed by atoms with van der Waals surface area (Å²) in [6, 6.07) is 7.07. The van der Waals surface area contributed by atoms with Crippen LogP contribution < -0.4 is 20.1 Å². The molecule has 1 aliphatic heterocycles. The fourth-order valence-corrected chi connectivity index (χ4v) is 5.48. The molecule has 1 saturated heterocycles. The number of piperidine rings is 1. The van der Waals surface area contributed by atoms with Crippen molar-refractivity contribution in [3.8, 4) is 11.5 Å². The molecule has 10 nitrogen and oxygen atoms in total. The third-order valence-corrected chi connectivity index (χ3v) is 8.40. The number of amides is 3. The van der Waals surface area contributed by atoms with E-state index in [1.54, 1.807) is 35.2 Å². The van der Waals surface area contributed by atoms with Crippen molar-refractivity contribution in [1.29, 1.82) is 0 Å². The molecule has 1 fully saturated rings. The summed E-state index contributed by atoms with van der Waals surface area (Å²) in [5.41, 5.74) is 0.731. The molecule has 41 heavy (non-hydrogen) atoms. The lowest BCUT2D eigenvalue weighted by Crippen LogP contribution is -2.51. The first-order chi connectivity index (χ1) is 19.6. The summed E-state index contributed by atoms with van der Waals surface area (Å²) in [4.78, 5) is 52.6. The standard InChI is InChI=1S/C28H31Cl2N3O7S/c1-39-19-5-4-6-20(40-2)23(19)27(36)31-15-18(28(37)38)32-26(35)17-11-13-33(14-12-17)22(34)10-8-16-7-9-21(41-3)25(30)24(16)29/h4-10,17-18H,11-15H2,1-3H3,(H,31,36)(H,32,35)(H,37,38)/t18-/m0/s1. The van der Waals surface area contributed by atoms with E-state index in [2.05, 4.69) is 10.6 Å². The zero-order chi connectivity index (χ0) is 30.1. The van der Waals surface area contributed by atoms with Crippen LogP contribution in [-0.4, -0.2) is 79.8 Å². The Bertz CT molecular complexity index is 1310. The largest absolute Gasteiger partial charge is 0.496 e. The first kappa shape index (κ1) is 32.1. The Balaban J connectivity index is 1.54. The van der Waals surface area contributed by atoms with Crippen molar-refractivity contribution in [2.75, 3.05) is 40.1 Å². The number of halogens is 2. The first-order valence-electron chi connectivity index (χ1n) is 12.6. The summed E-state index contributed by atoms with van der Waals surface area (Å²) in [7, 11) is 2.80. The predicted octanol–water partition coefficient (Wildman–Crippen LogP) is 3.98. The van der Waals surface area contributed by atoms with Gasteiger partial charge in [-0.2, -0.15) is 0 Å². The number of carbonyl (C=O) groups is 4. The van der Waals surface area contributed by atoms with Crippen LogP contribution in [0.2, 0.25) is 10.0 Å². The van der Waals surface area contributed by atoms with Crippen molar-refractivity contribution >= 4 is 64.7 Å². The summed E-state index contributed by atoms with van der Waals surface area (Å²) in [6.07, 6.45) is 5.62. The Labute approximate surface area is 252 Å². The molecular weight excluding hydrogens is 593 g/mol. The Morgan fingerprint density at radius 3 is 2.27 bits per heavy atom. The number of methoxy groups -OCH3 is 2. The number of nitrogens with zero attached hydrogens (tertiary/aromatic N) is 1. The number of rotatable bonds is 11. The highest BCUT2D eigenvalue weighted by atomic mass is 35.5. The van der Waals surface area contributed by atoms with E-state index in [9.17, 15) is 24.3 Å². The zero-order valence-corrected chi connectivity index (χ0v) is 25.1. The topological polar surface area (TPSA) is 134 Å². The highest BCUT2D eigenvalue weighted by Gasteiger charge is 2.30. The van der Waals surface area contributed by atoms with Gasteiger partial charge in [0.1, 0.15) is 23.1 Å². The van der Waals surface area contributed by atoms with Gasteiger partial charge in [0.05, 0.1) is 24.3 Å². The van der Waals surface area contributed by atoms with E-state index in [1.165, 1.54) is 32.1 Å². The predicted molar refractivity (Wildman–Crippen MR) is 158 cm³/mol. The van der Waals surface area contributed by atoms with E-state index in [1.807, 2.05) is 12.3 Å². The van der Waals surface area contributed by atoms with Crippen LogP contribution in [0.5, 0.6) is 11.5 Å². The number of ether oxygens (including phenoxy) is 2. The molecule has 3 N–H and O–H groups in total. The van der Waals surface area contributed by atoms with E-state index >= 15 is 0 Å². The second kappa shape index (κ2) is 15.0. The minimum Gasteiger partial charge on any atom is -0.496 e. The molecule has 0 unspecified atom stereocenters. The third kappa shape index (κ3) is 8.08. The Morgan fingerprint density at radius 2 is 1.71 bits per heavy atom. The average Bonchev–Trinajstić information content (AvgIpc) is 2.98. The quantitative estimate of drug-likeness (QED) is 0.253. The van der Waals surface area contributed by atoms with Gasteiger partial charge >= 0.3 is 5.97 Å². The van der Waals surface area contributed by atoms with Crippen molar-refractivity contribution in [1.82, 2.24) is 15.5 Å². The van der Waals surface area contributed by atoms with Crippen LogP contribution in [0, 0.1) is 5.92 Å². The molecule has 0 radical (unpaired) electrons. The smallest absolute Gasteiger partial charge is 0.328 e. The molecule has 220 valence electrons. The molecule has 0 bridgehead atoms. The Kier molecular flexibility index (Phi) is 11.7. The molecule has 1 heterocycles. The van der Waals surface area contributed by atoms with Crippen molar-refractivity contribution in [2.45, 2.75) is 23.8 Å². The second-order valence-electron chi connectivity index (χ2n) is 9.06. The van der Waals surface area contributed by atoms with Crippen LogP contribution in [0.1, 0.15) is 28.8 Å². The highest BCUT2D eigenvalue weighted by Crippen LogP contribution is 2.35. The molecule has 1 atom stereocenters. The van der Waals surface area contributed by atoms with Crippen molar-refractivity contribution < 1.29 is 33.8 Å². The molecule has 0 aliphatic carbocycles. The lowest BCUT2D eigenvalue weighted by molar-refractivity contribution is -0.142. The van der Waals surface area contributed by atoms with E-state index in [0.29, 0.717) is 41.5 Å². The zero-order valence-electron chi connectivity index (χ0n) is 22.7. The summed E-state index contributed by atoms with van der Waals surface area (Å²) >= 11 is 14.1. The van der Waals surface area contributed by atoms with Gasteiger partial charge in [0.15, 0.2) is 0 Å². The lowest BCUT2D eigenvalue weighted by atomic mass is 9.95. The second-order valence-corrected chi connectivity index (χ2v) is 10.7. The summed E-state index contributed by atoms with van der Waals surface area (Å²) < 4.78 is 10.4. The SMILES string of the molecule is COc1cccc(OC)c1C(=O)NC[C@H](NC(=O)C1CCN(C(=O)C=Cc2ccc(SC)c(Cl)c2Cl)CC1)C(=O)O. The number of thioether (sulfide) groups is 1. The Hall–Kier alpha value is -3.41. The third-order valence-electron chi connectivity index (χ3n) is 6.62. The fraction of sp³-hybridized carbons (Fsp3) is 0.357. The van der Waals surface area contributed by atoms with Gasteiger partial charge in [-0.1, -0.05) is 35.3 Å². The van der Waals surface area contributed by atoms with Crippen molar-refractivity contribution in [3.05, 3.63) is 57.6 Å². The number of carboxylic acid groups (broad SMARTS) is 1. The van der Waals surface area contributed by atoms with Crippen LogP contribution in [0.25, 0.3) is 6.08 Å². The molecule has 1 aliphatic rings. The molecule has 0 spiro atoms. The fourth-order valence-electron chi connectivity index (χ4n) is 4.31. The number of likely N-dealkylation sites (tertiary alicyclic amines) is 1. The maximum Gasteiger partial charge on any atom is 0.328 e. The van der Waals surface area contributed by atoms with Gasteiger partial charge in [0.2, 0.25) is 11.8 Å².